The second-order valence-electron chi connectivity index (χ2n) is 12.2. The number of allylic oxidation sites excluding steroid dienone is 3. The SMILES string of the molecule is CC(C)[C@H](C)C=C[C@@H](C)[C@H]1CC[C@H]2C3CC=C4C[C@@H](O)CC[C@]4(C)C3CC[C@]12C. The minimum absolute atomic E-state index is 0.0866. The molecule has 0 aromatic heterocycles. The van der Waals surface area contributed by atoms with Crippen molar-refractivity contribution in [2.75, 3.05) is 0 Å². The van der Waals surface area contributed by atoms with E-state index in [0.29, 0.717) is 22.7 Å². The zero-order valence-corrected chi connectivity index (χ0v) is 20.0. The number of aliphatic hydroxyl groups excluding tert-OH is 1. The highest BCUT2D eigenvalue weighted by Crippen LogP contribution is 2.67. The number of rotatable bonds is 4. The minimum Gasteiger partial charge on any atom is -0.393 e. The van der Waals surface area contributed by atoms with Crippen molar-refractivity contribution in [3.8, 4) is 0 Å². The molecule has 29 heavy (non-hydrogen) atoms. The first-order valence-electron chi connectivity index (χ1n) is 12.7. The Morgan fingerprint density at radius 1 is 0.966 bits per heavy atom. The highest BCUT2D eigenvalue weighted by Gasteiger charge is 2.58. The zero-order valence-electron chi connectivity index (χ0n) is 20.0. The molecule has 0 saturated heterocycles. The highest BCUT2D eigenvalue weighted by molar-refractivity contribution is 5.25. The van der Waals surface area contributed by atoms with Crippen LogP contribution in [0.25, 0.3) is 0 Å². The second-order valence-corrected chi connectivity index (χ2v) is 12.2. The van der Waals surface area contributed by atoms with Gasteiger partial charge in [-0.15, -0.1) is 0 Å². The molecule has 3 fully saturated rings. The largest absolute Gasteiger partial charge is 0.393 e. The minimum atomic E-state index is -0.0866. The Hall–Kier alpha value is -0.560. The summed E-state index contributed by atoms with van der Waals surface area (Å²) < 4.78 is 0. The summed E-state index contributed by atoms with van der Waals surface area (Å²) >= 11 is 0. The first-order valence-corrected chi connectivity index (χ1v) is 12.7. The van der Waals surface area contributed by atoms with E-state index >= 15 is 0 Å². The van der Waals surface area contributed by atoms with E-state index in [1.807, 2.05) is 0 Å². The van der Waals surface area contributed by atoms with Gasteiger partial charge >= 0.3 is 0 Å². The molecule has 0 spiro atoms. The van der Waals surface area contributed by atoms with Gasteiger partial charge in [-0.3, -0.25) is 0 Å². The Balaban J connectivity index is 1.53. The maximum Gasteiger partial charge on any atom is 0.0577 e. The Morgan fingerprint density at radius 2 is 1.72 bits per heavy atom. The highest BCUT2D eigenvalue weighted by atomic mass is 16.3. The lowest BCUT2D eigenvalue weighted by molar-refractivity contribution is -0.0540. The quantitative estimate of drug-likeness (QED) is 0.489. The Morgan fingerprint density at radius 3 is 2.45 bits per heavy atom. The van der Waals surface area contributed by atoms with Crippen molar-refractivity contribution < 1.29 is 5.11 Å². The van der Waals surface area contributed by atoms with Crippen LogP contribution in [-0.2, 0) is 0 Å². The molecular weight excluding hydrogens is 352 g/mol. The van der Waals surface area contributed by atoms with Crippen molar-refractivity contribution >= 4 is 0 Å². The van der Waals surface area contributed by atoms with Gasteiger partial charge in [-0.05, 0) is 104 Å². The van der Waals surface area contributed by atoms with Crippen LogP contribution in [0.5, 0.6) is 0 Å². The van der Waals surface area contributed by atoms with Crippen molar-refractivity contribution in [2.24, 2.45) is 52.3 Å². The summed E-state index contributed by atoms with van der Waals surface area (Å²) in [5.41, 5.74) is 2.51. The molecular formula is C28H46O. The average Bonchev–Trinajstić information content (AvgIpc) is 3.03. The molecule has 0 aliphatic heterocycles. The van der Waals surface area contributed by atoms with Gasteiger partial charge in [0.25, 0.3) is 0 Å². The summed E-state index contributed by atoms with van der Waals surface area (Å²) in [6, 6.07) is 0. The lowest BCUT2D eigenvalue weighted by Gasteiger charge is -2.58. The molecule has 3 saturated carbocycles. The van der Waals surface area contributed by atoms with Crippen LogP contribution in [0.15, 0.2) is 23.8 Å². The van der Waals surface area contributed by atoms with Gasteiger partial charge in [0.15, 0.2) is 0 Å². The number of aliphatic hydroxyl groups is 1. The van der Waals surface area contributed by atoms with Crippen LogP contribution in [0.3, 0.4) is 0 Å². The van der Waals surface area contributed by atoms with Crippen LogP contribution in [0.1, 0.15) is 92.9 Å². The fourth-order valence-corrected chi connectivity index (χ4v) is 8.25. The summed E-state index contributed by atoms with van der Waals surface area (Å²) in [6.45, 7) is 14.7. The molecule has 0 aromatic rings. The van der Waals surface area contributed by atoms with Crippen LogP contribution >= 0.6 is 0 Å². The van der Waals surface area contributed by atoms with E-state index in [9.17, 15) is 5.11 Å². The molecule has 1 N–H and O–H groups in total. The average molecular weight is 399 g/mol. The van der Waals surface area contributed by atoms with E-state index in [0.717, 1.165) is 42.4 Å². The lowest BCUT2D eigenvalue weighted by Crippen LogP contribution is -2.50. The molecule has 9 atom stereocenters. The maximum atomic E-state index is 10.2. The van der Waals surface area contributed by atoms with Crippen molar-refractivity contribution in [2.45, 2.75) is 99.0 Å². The summed E-state index contributed by atoms with van der Waals surface area (Å²) in [4.78, 5) is 0. The lowest BCUT2D eigenvalue weighted by atomic mass is 9.47. The van der Waals surface area contributed by atoms with Crippen LogP contribution in [0.2, 0.25) is 0 Å². The van der Waals surface area contributed by atoms with Crippen LogP contribution in [-0.4, -0.2) is 11.2 Å². The zero-order chi connectivity index (χ0) is 21.0. The molecule has 0 amide bonds. The van der Waals surface area contributed by atoms with Crippen molar-refractivity contribution in [1.29, 1.82) is 0 Å². The van der Waals surface area contributed by atoms with Gasteiger partial charge < -0.3 is 5.11 Å². The number of fused-ring (bicyclic) bond motifs is 5. The predicted molar refractivity (Wildman–Crippen MR) is 124 cm³/mol. The molecule has 4 aliphatic carbocycles. The van der Waals surface area contributed by atoms with Crippen molar-refractivity contribution in [1.82, 2.24) is 0 Å². The summed E-state index contributed by atoms with van der Waals surface area (Å²) in [5.74, 6) is 5.63. The van der Waals surface area contributed by atoms with Gasteiger partial charge in [0, 0.05) is 0 Å². The molecule has 1 nitrogen and oxygen atoms in total. The molecule has 0 heterocycles. The van der Waals surface area contributed by atoms with Crippen molar-refractivity contribution in [3.63, 3.8) is 0 Å². The first kappa shape index (κ1) is 21.7. The van der Waals surface area contributed by atoms with E-state index in [-0.39, 0.29) is 6.10 Å². The third-order valence-electron chi connectivity index (χ3n) is 10.6. The summed E-state index contributed by atoms with van der Waals surface area (Å²) in [5, 5.41) is 10.2. The van der Waals surface area contributed by atoms with Crippen molar-refractivity contribution in [3.05, 3.63) is 23.8 Å². The molecule has 0 radical (unpaired) electrons. The molecule has 1 heteroatoms. The van der Waals surface area contributed by atoms with Crippen LogP contribution in [0.4, 0.5) is 0 Å². The van der Waals surface area contributed by atoms with Crippen LogP contribution < -0.4 is 0 Å². The third-order valence-corrected chi connectivity index (χ3v) is 10.6. The monoisotopic (exact) mass is 398 g/mol. The number of hydrogen-bond donors (Lipinski definition) is 1. The van der Waals surface area contributed by atoms with Gasteiger partial charge in [0.2, 0.25) is 0 Å². The second kappa shape index (κ2) is 7.85. The first-order chi connectivity index (χ1) is 13.7. The van der Waals surface area contributed by atoms with Gasteiger partial charge in [0.05, 0.1) is 6.10 Å². The smallest absolute Gasteiger partial charge is 0.0577 e. The fourth-order valence-electron chi connectivity index (χ4n) is 8.25. The Bertz CT molecular complexity index is 659. The van der Waals surface area contributed by atoms with E-state index in [1.54, 1.807) is 5.57 Å². The summed E-state index contributed by atoms with van der Waals surface area (Å²) in [7, 11) is 0. The van der Waals surface area contributed by atoms with E-state index < -0.39 is 0 Å². The Labute approximate surface area is 180 Å². The normalized spacial score (nSPS) is 46.8. The maximum absolute atomic E-state index is 10.2. The standard InChI is InChI=1S/C28H46O/c1-18(2)19(3)7-8-20(4)24-11-12-25-23-10-9-21-17-22(29)13-15-27(21,5)26(23)14-16-28(24,25)6/h7-9,18-20,22-26,29H,10-17H2,1-6H3/t19-,20-,22+,23?,24-,25+,26?,27+,28-/m1/s1. The van der Waals surface area contributed by atoms with Gasteiger partial charge in [-0.2, -0.15) is 0 Å². The molecule has 4 rings (SSSR count). The third kappa shape index (κ3) is 3.58. The Kier molecular flexibility index (Phi) is 5.86. The molecule has 2 unspecified atom stereocenters. The molecule has 0 bridgehead atoms. The molecule has 0 aromatic carbocycles. The van der Waals surface area contributed by atoms with Crippen LogP contribution in [0, 0.1) is 52.3 Å². The predicted octanol–water partition coefficient (Wildman–Crippen LogP) is 7.41. The summed E-state index contributed by atoms with van der Waals surface area (Å²) in [6.07, 6.45) is 17.7. The van der Waals surface area contributed by atoms with Gasteiger partial charge in [-0.1, -0.05) is 65.3 Å². The molecule has 4 aliphatic rings. The van der Waals surface area contributed by atoms with E-state index in [4.69, 9.17) is 0 Å². The topological polar surface area (TPSA) is 20.2 Å². The van der Waals surface area contributed by atoms with Gasteiger partial charge in [0.1, 0.15) is 0 Å². The number of hydrogen-bond acceptors (Lipinski definition) is 1. The van der Waals surface area contributed by atoms with E-state index in [2.05, 4.69) is 59.8 Å². The fraction of sp³-hybridized carbons (Fsp3) is 0.857. The van der Waals surface area contributed by atoms with Gasteiger partial charge in [-0.25, -0.2) is 0 Å². The van der Waals surface area contributed by atoms with E-state index in [1.165, 1.54) is 38.5 Å². The molecule has 164 valence electrons.